The van der Waals surface area contributed by atoms with Gasteiger partial charge in [-0.15, -0.1) is 0 Å². The predicted octanol–water partition coefficient (Wildman–Crippen LogP) is 3.07. The van der Waals surface area contributed by atoms with E-state index in [1.165, 1.54) is 5.01 Å². The summed E-state index contributed by atoms with van der Waals surface area (Å²) in [4.78, 5) is 59.3. The molecule has 5 rings (SSSR count). The fourth-order valence-electron chi connectivity index (χ4n) is 5.74. The number of hydrogen-bond donors (Lipinski definition) is 3. The van der Waals surface area contributed by atoms with Crippen LogP contribution in [0.2, 0.25) is 0 Å². The molecule has 0 aliphatic carbocycles. The van der Waals surface area contributed by atoms with Gasteiger partial charge in [0.15, 0.2) is 0 Å². The molecule has 1 aromatic carbocycles. The number of hydrogen-bond acceptors (Lipinski definition) is 9. The second-order valence-electron chi connectivity index (χ2n) is 14.2. The van der Waals surface area contributed by atoms with Gasteiger partial charge in [0.1, 0.15) is 24.2 Å². The second-order valence-corrected chi connectivity index (χ2v) is 14.2. The van der Waals surface area contributed by atoms with Gasteiger partial charge in [-0.2, -0.15) is 0 Å². The van der Waals surface area contributed by atoms with Crippen LogP contribution in [0.3, 0.4) is 0 Å². The van der Waals surface area contributed by atoms with Gasteiger partial charge >= 0.3 is 5.97 Å². The molecule has 3 aliphatic heterocycles. The number of carbonyl (C=O) groups is 4. The van der Waals surface area contributed by atoms with Crippen molar-refractivity contribution >= 4 is 40.7 Å². The van der Waals surface area contributed by atoms with Crippen LogP contribution >= 0.6 is 0 Å². The van der Waals surface area contributed by atoms with Crippen molar-refractivity contribution in [2.24, 2.45) is 16.7 Å². The van der Waals surface area contributed by atoms with Crippen molar-refractivity contribution in [3.63, 3.8) is 0 Å². The first-order chi connectivity index (χ1) is 22.2. The van der Waals surface area contributed by atoms with Gasteiger partial charge in [0.05, 0.1) is 43.1 Å². The lowest BCUT2D eigenvalue weighted by molar-refractivity contribution is -0.159. The molecular formula is C35H47N5O7. The molecule has 254 valence electrons. The molecule has 0 saturated carbocycles. The summed E-state index contributed by atoms with van der Waals surface area (Å²) >= 11 is 0. The topological polar surface area (TPSA) is 148 Å². The minimum absolute atomic E-state index is 0.0931. The summed E-state index contributed by atoms with van der Waals surface area (Å²) in [6.45, 7) is 12.7. The monoisotopic (exact) mass is 649 g/mol. The fraction of sp³-hybridized carbons (Fsp3) is 0.571. The number of esters is 1. The molecule has 2 saturated heterocycles. The number of carbonyl (C=O) groups excluding carboxylic acids is 4. The predicted molar refractivity (Wildman–Crippen MR) is 175 cm³/mol. The highest BCUT2D eigenvalue weighted by Gasteiger charge is 2.38. The van der Waals surface area contributed by atoms with E-state index in [1.807, 2.05) is 57.2 Å². The van der Waals surface area contributed by atoms with Gasteiger partial charge in [0, 0.05) is 17.3 Å². The number of fused-ring (bicyclic) bond motifs is 4. The molecule has 5 bridgehead atoms. The largest absolute Gasteiger partial charge is 0.455 e. The number of aromatic nitrogens is 1. The SMILES string of the molecule is CC(C)[C@@H]1NC(=O)C(C)(C)/C=C/c2ccc3ccc(nc3c2)[C@@H](C)OC(=O)C2CCCN(N2)C(=O)C(COCC2(C)COC2)NC1=O. The zero-order chi connectivity index (χ0) is 33.9. The first-order valence-corrected chi connectivity index (χ1v) is 16.4. The Morgan fingerprint density at radius 1 is 1.06 bits per heavy atom. The van der Waals surface area contributed by atoms with Gasteiger partial charge in [0.25, 0.3) is 5.91 Å². The zero-order valence-corrected chi connectivity index (χ0v) is 28.1. The molecule has 4 atom stereocenters. The van der Waals surface area contributed by atoms with Crippen LogP contribution < -0.4 is 16.1 Å². The van der Waals surface area contributed by atoms with Crippen LogP contribution in [0, 0.1) is 16.7 Å². The molecule has 0 radical (unpaired) electrons. The summed E-state index contributed by atoms with van der Waals surface area (Å²) in [5, 5.41) is 8.04. The van der Waals surface area contributed by atoms with E-state index in [4.69, 9.17) is 19.2 Å². The number of pyridine rings is 1. The Kier molecular flexibility index (Phi) is 10.3. The van der Waals surface area contributed by atoms with Crippen molar-refractivity contribution in [3.05, 3.63) is 47.7 Å². The van der Waals surface area contributed by atoms with Crippen LogP contribution in [0.25, 0.3) is 17.0 Å². The molecule has 2 unspecified atom stereocenters. The van der Waals surface area contributed by atoms with E-state index in [-0.39, 0.29) is 23.8 Å². The molecule has 3 amide bonds. The third-order valence-electron chi connectivity index (χ3n) is 8.95. The number of hydrazine groups is 1. The maximum absolute atomic E-state index is 13.9. The maximum Gasteiger partial charge on any atom is 0.325 e. The lowest BCUT2D eigenvalue weighted by Gasteiger charge is -2.38. The van der Waals surface area contributed by atoms with E-state index in [1.54, 1.807) is 26.8 Å². The number of ether oxygens (including phenoxy) is 3. The second kappa shape index (κ2) is 14.1. The van der Waals surface area contributed by atoms with Gasteiger partial charge in [-0.3, -0.25) is 24.2 Å². The van der Waals surface area contributed by atoms with Gasteiger partial charge in [0.2, 0.25) is 11.8 Å². The summed E-state index contributed by atoms with van der Waals surface area (Å²) in [5.74, 6) is -2.07. The Hall–Kier alpha value is -3.87. The van der Waals surface area contributed by atoms with Crippen molar-refractivity contribution in [3.8, 4) is 0 Å². The normalized spacial score (nSPS) is 27.5. The quantitative estimate of drug-likeness (QED) is 0.416. The van der Waals surface area contributed by atoms with Gasteiger partial charge in [-0.1, -0.05) is 51.1 Å². The average molecular weight is 650 g/mol. The molecule has 1 aromatic heterocycles. The highest BCUT2D eigenvalue weighted by Crippen LogP contribution is 2.27. The molecular weight excluding hydrogens is 602 g/mol. The summed E-state index contributed by atoms with van der Waals surface area (Å²) in [7, 11) is 0. The Balaban J connectivity index is 1.46. The molecule has 2 aromatic rings. The first-order valence-electron chi connectivity index (χ1n) is 16.4. The van der Waals surface area contributed by atoms with Crippen molar-refractivity contribution in [2.45, 2.75) is 78.6 Å². The number of cyclic esters (lactones) is 1. The molecule has 12 nitrogen and oxygen atoms in total. The lowest BCUT2D eigenvalue weighted by atomic mass is 9.89. The Morgan fingerprint density at radius 2 is 1.81 bits per heavy atom. The van der Waals surface area contributed by atoms with Crippen LogP contribution in [-0.4, -0.2) is 84.8 Å². The maximum atomic E-state index is 13.9. The van der Waals surface area contributed by atoms with E-state index in [0.717, 1.165) is 16.5 Å². The van der Waals surface area contributed by atoms with Crippen LogP contribution in [0.1, 0.15) is 71.7 Å². The number of rotatable bonds is 5. The highest BCUT2D eigenvalue weighted by molar-refractivity contribution is 5.94. The third kappa shape index (κ3) is 8.17. The van der Waals surface area contributed by atoms with Gasteiger partial charge < -0.3 is 24.8 Å². The Labute approximate surface area is 275 Å². The molecule has 3 N–H and O–H groups in total. The fourth-order valence-corrected chi connectivity index (χ4v) is 5.74. The van der Waals surface area contributed by atoms with Crippen molar-refractivity contribution in [1.82, 2.24) is 26.1 Å². The van der Waals surface area contributed by atoms with Crippen LogP contribution in [0.4, 0.5) is 0 Å². The summed E-state index contributed by atoms with van der Waals surface area (Å²) in [5.41, 5.74) is 4.04. The number of benzene rings is 1. The Bertz CT molecular complexity index is 1540. The highest BCUT2D eigenvalue weighted by atomic mass is 16.5. The van der Waals surface area contributed by atoms with E-state index < -0.39 is 47.4 Å². The first kappa shape index (κ1) is 34.5. The van der Waals surface area contributed by atoms with E-state index in [0.29, 0.717) is 44.9 Å². The Morgan fingerprint density at radius 3 is 2.51 bits per heavy atom. The van der Waals surface area contributed by atoms with Crippen LogP contribution in [-0.2, 0) is 33.4 Å². The van der Waals surface area contributed by atoms with Crippen LogP contribution in [0.15, 0.2) is 36.4 Å². The van der Waals surface area contributed by atoms with E-state index in [2.05, 4.69) is 16.1 Å². The van der Waals surface area contributed by atoms with E-state index in [9.17, 15) is 19.2 Å². The lowest BCUT2D eigenvalue weighted by Crippen LogP contribution is -2.63. The minimum atomic E-state index is -1.07. The summed E-state index contributed by atoms with van der Waals surface area (Å²) in [6, 6.07) is 6.80. The molecule has 12 heteroatoms. The molecule has 0 spiro atoms. The van der Waals surface area contributed by atoms with Gasteiger partial charge in [-0.05, 0) is 57.2 Å². The molecule has 4 heterocycles. The average Bonchev–Trinajstić information content (AvgIpc) is 3.03. The van der Waals surface area contributed by atoms with Crippen molar-refractivity contribution in [1.29, 1.82) is 0 Å². The minimum Gasteiger partial charge on any atom is -0.455 e. The standard InChI is InChI=1S/C35H47N5O7/c1-21(2)29-30(41)37-28(17-45-18-35(6)19-46-20-35)31(42)40-15-7-8-26(39-40)32(43)47-22(3)25-12-11-24-10-9-23(16-27(24)36-25)13-14-34(4,5)33(44)38-29/h9-14,16,21-22,26,28-29,39H,7-8,15,17-20H2,1-6H3,(H,37,41)(H,38,44)/b14-13+/t22-,26?,28?,29+/m1/s1. The summed E-state index contributed by atoms with van der Waals surface area (Å²) < 4.78 is 17.1. The van der Waals surface area contributed by atoms with Crippen molar-refractivity contribution < 1.29 is 33.4 Å². The van der Waals surface area contributed by atoms with Crippen molar-refractivity contribution in [2.75, 3.05) is 33.0 Å². The van der Waals surface area contributed by atoms with Crippen LogP contribution in [0.5, 0.6) is 0 Å². The summed E-state index contributed by atoms with van der Waals surface area (Å²) in [6.07, 6.45) is 4.03. The molecule has 47 heavy (non-hydrogen) atoms. The van der Waals surface area contributed by atoms with Gasteiger partial charge in [-0.25, -0.2) is 10.4 Å². The molecule has 2 fully saturated rings. The number of nitrogens with one attached hydrogen (secondary N) is 3. The zero-order valence-electron chi connectivity index (χ0n) is 28.1. The van der Waals surface area contributed by atoms with E-state index >= 15 is 0 Å². The smallest absolute Gasteiger partial charge is 0.325 e. The third-order valence-corrected chi connectivity index (χ3v) is 8.95. The number of nitrogens with zero attached hydrogens (tertiary/aromatic N) is 2. The number of amides is 3. The molecule has 3 aliphatic rings.